The predicted molar refractivity (Wildman–Crippen MR) is 77.3 cm³/mol. The fourth-order valence-corrected chi connectivity index (χ4v) is 2.91. The Balaban J connectivity index is 1.74. The number of hydrogen-bond donors (Lipinski definition) is 2. The highest BCUT2D eigenvalue weighted by molar-refractivity contribution is 5.89. The zero-order valence-corrected chi connectivity index (χ0v) is 11.7. The zero-order chi connectivity index (χ0) is 14.1. The predicted octanol–water partition coefficient (Wildman–Crippen LogP) is 1.34. The van der Waals surface area contributed by atoms with Gasteiger partial charge in [0.1, 0.15) is 0 Å². The summed E-state index contributed by atoms with van der Waals surface area (Å²) >= 11 is 0. The average Bonchev–Trinajstić information content (AvgIpc) is 3.26. The SMILES string of the molecule is NC1(C(=O)NCC2(c3ccccc3)CCOCC2)CC1. The molecule has 1 aromatic rings. The molecule has 1 heterocycles. The van der Waals surface area contributed by atoms with Crippen molar-refractivity contribution in [2.45, 2.75) is 36.6 Å². The van der Waals surface area contributed by atoms with Crippen molar-refractivity contribution in [1.82, 2.24) is 5.32 Å². The normalized spacial score (nSPS) is 23.1. The minimum Gasteiger partial charge on any atom is -0.381 e. The Hall–Kier alpha value is -1.39. The van der Waals surface area contributed by atoms with Gasteiger partial charge in [0.05, 0.1) is 5.54 Å². The van der Waals surface area contributed by atoms with E-state index in [1.807, 2.05) is 6.07 Å². The largest absolute Gasteiger partial charge is 0.381 e. The minimum atomic E-state index is -0.594. The van der Waals surface area contributed by atoms with Crippen LogP contribution in [-0.2, 0) is 14.9 Å². The lowest BCUT2D eigenvalue weighted by Crippen LogP contribution is -2.50. The second kappa shape index (κ2) is 5.19. The van der Waals surface area contributed by atoms with E-state index in [-0.39, 0.29) is 11.3 Å². The van der Waals surface area contributed by atoms with Crippen LogP contribution in [0.5, 0.6) is 0 Å². The molecule has 20 heavy (non-hydrogen) atoms. The van der Waals surface area contributed by atoms with Crippen LogP contribution >= 0.6 is 0 Å². The Morgan fingerprint density at radius 1 is 1.15 bits per heavy atom. The van der Waals surface area contributed by atoms with E-state index in [0.717, 1.165) is 38.9 Å². The number of carbonyl (C=O) groups is 1. The molecule has 1 amide bonds. The number of nitrogens with one attached hydrogen (secondary N) is 1. The molecule has 3 N–H and O–H groups in total. The van der Waals surface area contributed by atoms with Gasteiger partial charge in [0.2, 0.25) is 5.91 Å². The summed E-state index contributed by atoms with van der Waals surface area (Å²) in [5.41, 5.74) is 6.63. The van der Waals surface area contributed by atoms with Crippen LogP contribution in [0.3, 0.4) is 0 Å². The molecule has 1 aliphatic heterocycles. The summed E-state index contributed by atoms with van der Waals surface area (Å²) in [6, 6.07) is 10.4. The van der Waals surface area contributed by atoms with E-state index >= 15 is 0 Å². The monoisotopic (exact) mass is 274 g/mol. The van der Waals surface area contributed by atoms with Gasteiger partial charge in [-0.15, -0.1) is 0 Å². The molecule has 0 aromatic heterocycles. The summed E-state index contributed by atoms with van der Waals surface area (Å²) in [5, 5.41) is 3.07. The fraction of sp³-hybridized carbons (Fsp3) is 0.562. The van der Waals surface area contributed by atoms with Gasteiger partial charge in [-0.1, -0.05) is 30.3 Å². The van der Waals surface area contributed by atoms with Gasteiger partial charge in [0, 0.05) is 25.2 Å². The molecule has 2 fully saturated rings. The number of nitrogens with two attached hydrogens (primary N) is 1. The lowest BCUT2D eigenvalue weighted by molar-refractivity contribution is -0.123. The molecule has 108 valence electrons. The number of benzene rings is 1. The quantitative estimate of drug-likeness (QED) is 0.871. The van der Waals surface area contributed by atoms with Crippen LogP contribution < -0.4 is 11.1 Å². The Morgan fingerprint density at radius 3 is 2.40 bits per heavy atom. The summed E-state index contributed by atoms with van der Waals surface area (Å²) in [6.07, 6.45) is 3.49. The summed E-state index contributed by atoms with van der Waals surface area (Å²) < 4.78 is 5.50. The van der Waals surface area contributed by atoms with Gasteiger partial charge in [-0.25, -0.2) is 0 Å². The highest BCUT2D eigenvalue weighted by Gasteiger charge is 2.46. The molecule has 1 saturated heterocycles. The first-order valence-electron chi connectivity index (χ1n) is 7.35. The second-order valence-corrected chi connectivity index (χ2v) is 6.10. The van der Waals surface area contributed by atoms with Gasteiger partial charge in [-0.05, 0) is 31.2 Å². The highest BCUT2D eigenvalue weighted by atomic mass is 16.5. The van der Waals surface area contributed by atoms with Crippen LogP contribution in [0.4, 0.5) is 0 Å². The Labute approximate surface area is 119 Å². The Kier molecular flexibility index (Phi) is 3.52. The smallest absolute Gasteiger partial charge is 0.240 e. The van der Waals surface area contributed by atoms with Crippen LogP contribution in [0.25, 0.3) is 0 Å². The Bertz CT molecular complexity index is 477. The fourth-order valence-electron chi connectivity index (χ4n) is 2.91. The van der Waals surface area contributed by atoms with Gasteiger partial charge < -0.3 is 15.8 Å². The maximum absolute atomic E-state index is 12.1. The van der Waals surface area contributed by atoms with E-state index < -0.39 is 5.54 Å². The van der Waals surface area contributed by atoms with Crippen molar-refractivity contribution in [3.05, 3.63) is 35.9 Å². The van der Waals surface area contributed by atoms with Crippen molar-refractivity contribution in [3.8, 4) is 0 Å². The first-order valence-corrected chi connectivity index (χ1v) is 7.35. The van der Waals surface area contributed by atoms with Gasteiger partial charge in [-0.3, -0.25) is 4.79 Å². The highest BCUT2D eigenvalue weighted by Crippen LogP contribution is 2.36. The van der Waals surface area contributed by atoms with Gasteiger partial charge >= 0.3 is 0 Å². The average molecular weight is 274 g/mol. The molecule has 0 unspecified atom stereocenters. The van der Waals surface area contributed by atoms with Crippen molar-refractivity contribution in [1.29, 1.82) is 0 Å². The first-order chi connectivity index (χ1) is 9.65. The van der Waals surface area contributed by atoms with Crippen LogP contribution in [0.2, 0.25) is 0 Å². The minimum absolute atomic E-state index is 0.000650. The summed E-state index contributed by atoms with van der Waals surface area (Å²) in [7, 11) is 0. The van der Waals surface area contributed by atoms with E-state index in [2.05, 4.69) is 29.6 Å². The molecule has 0 radical (unpaired) electrons. The number of ether oxygens (including phenoxy) is 1. The molecule has 0 bridgehead atoms. The van der Waals surface area contributed by atoms with E-state index in [4.69, 9.17) is 10.5 Å². The molecular formula is C16H22N2O2. The van der Waals surface area contributed by atoms with Crippen molar-refractivity contribution < 1.29 is 9.53 Å². The first kappa shape index (κ1) is 13.6. The van der Waals surface area contributed by atoms with E-state index in [0.29, 0.717) is 6.54 Å². The van der Waals surface area contributed by atoms with Crippen LogP contribution in [0, 0.1) is 0 Å². The van der Waals surface area contributed by atoms with Gasteiger partial charge in [-0.2, -0.15) is 0 Å². The number of amides is 1. The molecule has 1 aromatic carbocycles. The molecule has 4 heteroatoms. The molecule has 3 rings (SSSR count). The lowest BCUT2D eigenvalue weighted by Gasteiger charge is -2.38. The molecule has 0 atom stereocenters. The number of hydrogen-bond acceptors (Lipinski definition) is 3. The van der Waals surface area contributed by atoms with Crippen LogP contribution in [-0.4, -0.2) is 31.2 Å². The van der Waals surface area contributed by atoms with Crippen molar-refractivity contribution in [3.63, 3.8) is 0 Å². The zero-order valence-electron chi connectivity index (χ0n) is 11.7. The summed E-state index contributed by atoms with van der Waals surface area (Å²) in [4.78, 5) is 12.1. The topological polar surface area (TPSA) is 64.4 Å². The third-order valence-electron chi connectivity index (χ3n) is 4.66. The van der Waals surface area contributed by atoms with Crippen LogP contribution in [0.15, 0.2) is 30.3 Å². The van der Waals surface area contributed by atoms with E-state index in [1.165, 1.54) is 5.56 Å². The lowest BCUT2D eigenvalue weighted by atomic mass is 9.74. The molecule has 0 spiro atoms. The molecule has 1 aliphatic carbocycles. The molecule has 4 nitrogen and oxygen atoms in total. The summed E-state index contributed by atoms with van der Waals surface area (Å²) in [5.74, 6) is -0.000650. The van der Waals surface area contributed by atoms with Crippen molar-refractivity contribution >= 4 is 5.91 Å². The summed E-state index contributed by atoms with van der Waals surface area (Å²) in [6.45, 7) is 2.15. The third-order valence-corrected chi connectivity index (χ3v) is 4.66. The van der Waals surface area contributed by atoms with Crippen LogP contribution in [0.1, 0.15) is 31.2 Å². The molecule has 2 aliphatic rings. The standard InChI is InChI=1S/C16H22N2O2/c17-16(6-7-16)14(19)18-12-15(8-10-20-11-9-15)13-4-2-1-3-5-13/h1-5H,6-12,17H2,(H,18,19). The van der Waals surface area contributed by atoms with Crippen molar-refractivity contribution in [2.24, 2.45) is 5.73 Å². The maximum atomic E-state index is 12.1. The second-order valence-electron chi connectivity index (χ2n) is 6.10. The molecule has 1 saturated carbocycles. The number of carbonyl (C=O) groups excluding carboxylic acids is 1. The van der Waals surface area contributed by atoms with Crippen molar-refractivity contribution in [2.75, 3.05) is 19.8 Å². The van der Waals surface area contributed by atoms with Gasteiger partial charge in [0.25, 0.3) is 0 Å². The van der Waals surface area contributed by atoms with E-state index in [9.17, 15) is 4.79 Å². The third kappa shape index (κ3) is 2.58. The number of rotatable bonds is 4. The molecular weight excluding hydrogens is 252 g/mol. The maximum Gasteiger partial charge on any atom is 0.240 e. The van der Waals surface area contributed by atoms with E-state index in [1.54, 1.807) is 0 Å². The Morgan fingerprint density at radius 2 is 1.80 bits per heavy atom. The van der Waals surface area contributed by atoms with Gasteiger partial charge in [0.15, 0.2) is 0 Å².